The van der Waals surface area contributed by atoms with Gasteiger partial charge in [-0.05, 0) is 46.8 Å². The third-order valence-corrected chi connectivity index (χ3v) is 2.99. The zero-order valence-electron chi connectivity index (χ0n) is 11.2. The van der Waals surface area contributed by atoms with Crippen LogP contribution in [0.2, 0.25) is 0 Å². The summed E-state index contributed by atoms with van der Waals surface area (Å²) in [5.74, 6) is 0.634. The Balaban J connectivity index is 2.18. The fraction of sp³-hybridized carbons (Fsp3) is 0.0714. The Hall–Kier alpha value is -2.96. The molecular formula is C14H12FN5O. The lowest BCUT2D eigenvalue weighted by Crippen LogP contribution is -2.02. The number of hydrogen-bond donors (Lipinski definition) is 1. The van der Waals surface area contributed by atoms with Gasteiger partial charge in [-0.3, -0.25) is 0 Å². The summed E-state index contributed by atoms with van der Waals surface area (Å²) in [6.45, 7) is 0. The molecule has 2 N–H and O–H groups in total. The highest BCUT2D eigenvalue weighted by molar-refractivity contribution is 5.69. The van der Waals surface area contributed by atoms with Crippen molar-refractivity contribution < 1.29 is 9.13 Å². The van der Waals surface area contributed by atoms with Crippen LogP contribution in [0.1, 0.15) is 0 Å². The van der Waals surface area contributed by atoms with Gasteiger partial charge in [0.25, 0.3) is 0 Å². The molecule has 1 aromatic heterocycles. The third-order valence-electron chi connectivity index (χ3n) is 2.99. The first-order chi connectivity index (χ1) is 10.2. The zero-order chi connectivity index (χ0) is 14.8. The number of halogens is 1. The van der Waals surface area contributed by atoms with Crippen LogP contribution >= 0.6 is 0 Å². The predicted octanol–water partition coefficient (Wildman–Crippen LogP) is 2.06. The molecule has 0 aliphatic carbocycles. The van der Waals surface area contributed by atoms with Crippen LogP contribution < -0.4 is 10.5 Å². The van der Waals surface area contributed by atoms with Crippen LogP contribution in [-0.2, 0) is 0 Å². The smallest absolute Gasteiger partial charge is 0.190 e. The van der Waals surface area contributed by atoms with Gasteiger partial charge in [0.1, 0.15) is 11.6 Å². The molecule has 0 saturated carbocycles. The molecule has 6 nitrogen and oxygen atoms in total. The molecule has 106 valence electrons. The van der Waals surface area contributed by atoms with Crippen molar-refractivity contribution in [2.45, 2.75) is 0 Å². The second-order valence-corrected chi connectivity index (χ2v) is 4.35. The summed E-state index contributed by atoms with van der Waals surface area (Å²) in [5.41, 5.74) is 7.51. The highest BCUT2D eigenvalue weighted by Gasteiger charge is 2.16. The predicted molar refractivity (Wildman–Crippen MR) is 75.5 cm³/mol. The summed E-state index contributed by atoms with van der Waals surface area (Å²) >= 11 is 0. The highest BCUT2D eigenvalue weighted by Crippen LogP contribution is 2.31. The fourth-order valence-corrected chi connectivity index (χ4v) is 2.04. The molecule has 0 unspecified atom stereocenters. The molecule has 7 heteroatoms. The van der Waals surface area contributed by atoms with E-state index in [1.165, 1.54) is 16.8 Å². The molecule has 0 aliphatic heterocycles. The molecule has 0 amide bonds. The van der Waals surface area contributed by atoms with Gasteiger partial charge < -0.3 is 10.5 Å². The van der Waals surface area contributed by atoms with Gasteiger partial charge in [-0.15, -0.1) is 5.10 Å². The maximum atomic E-state index is 13.4. The Morgan fingerprint density at radius 2 is 2.05 bits per heavy atom. The molecule has 0 radical (unpaired) electrons. The van der Waals surface area contributed by atoms with Crippen molar-refractivity contribution in [3.05, 3.63) is 48.3 Å². The third kappa shape index (κ3) is 2.40. The number of benzene rings is 2. The lowest BCUT2D eigenvalue weighted by Gasteiger charge is -2.09. The van der Waals surface area contributed by atoms with Gasteiger partial charge in [-0.2, -0.15) is 4.68 Å². The molecule has 0 bridgehead atoms. The number of nitrogen functional groups attached to an aromatic ring is 1. The average Bonchev–Trinajstić information content (AvgIpc) is 2.96. The summed E-state index contributed by atoms with van der Waals surface area (Å²) in [5, 5.41) is 11.5. The number of nitrogens with two attached hydrogens (primary N) is 1. The molecule has 21 heavy (non-hydrogen) atoms. The van der Waals surface area contributed by atoms with Crippen LogP contribution in [0, 0.1) is 5.82 Å². The van der Waals surface area contributed by atoms with Crippen LogP contribution in [0.3, 0.4) is 0 Å². The first-order valence-electron chi connectivity index (χ1n) is 6.17. The van der Waals surface area contributed by atoms with Crippen molar-refractivity contribution in [2.24, 2.45) is 0 Å². The van der Waals surface area contributed by atoms with Crippen LogP contribution in [0.25, 0.3) is 17.1 Å². The van der Waals surface area contributed by atoms with Crippen LogP contribution in [0.4, 0.5) is 10.1 Å². The Labute approximate surface area is 120 Å². The maximum Gasteiger partial charge on any atom is 0.190 e. The average molecular weight is 285 g/mol. The first-order valence-corrected chi connectivity index (χ1v) is 6.17. The SMILES string of the molecule is COc1ccc(N)cc1-c1nnnn1-c1cccc(F)c1. The van der Waals surface area contributed by atoms with E-state index in [-0.39, 0.29) is 5.82 Å². The molecule has 0 saturated heterocycles. The summed E-state index contributed by atoms with van der Waals surface area (Å²) in [4.78, 5) is 0. The second kappa shape index (κ2) is 5.20. The molecule has 0 spiro atoms. The van der Waals surface area contributed by atoms with Crippen LogP contribution in [0.5, 0.6) is 5.75 Å². The van der Waals surface area contributed by atoms with Crippen molar-refractivity contribution in [3.63, 3.8) is 0 Å². The number of rotatable bonds is 3. The van der Waals surface area contributed by atoms with E-state index in [1.54, 1.807) is 37.4 Å². The number of nitrogens with zero attached hydrogens (tertiary/aromatic N) is 4. The topological polar surface area (TPSA) is 78.8 Å². The van der Waals surface area contributed by atoms with Gasteiger partial charge in [-0.1, -0.05) is 6.07 Å². The highest BCUT2D eigenvalue weighted by atomic mass is 19.1. The minimum absolute atomic E-state index is 0.367. The summed E-state index contributed by atoms with van der Waals surface area (Å²) in [7, 11) is 1.55. The minimum Gasteiger partial charge on any atom is -0.496 e. The van der Waals surface area contributed by atoms with Crippen molar-refractivity contribution in [1.82, 2.24) is 20.2 Å². The Morgan fingerprint density at radius 3 is 2.81 bits per heavy atom. The van der Waals surface area contributed by atoms with Gasteiger partial charge in [0.2, 0.25) is 0 Å². The van der Waals surface area contributed by atoms with E-state index in [0.717, 1.165) is 0 Å². The van der Waals surface area contributed by atoms with E-state index >= 15 is 0 Å². The molecule has 0 atom stereocenters. The van der Waals surface area contributed by atoms with E-state index in [0.29, 0.717) is 28.5 Å². The lowest BCUT2D eigenvalue weighted by atomic mass is 10.1. The van der Waals surface area contributed by atoms with Crippen molar-refractivity contribution in [3.8, 4) is 22.8 Å². The van der Waals surface area contributed by atoms with Gasteiger partial charge >= 0.3 is 0 Å². The summed E-state index contributed by atoms with van der Waals surface area (Å²) in [6.07, 6.45) is 0. The Morgan fingerprint density at radius 1 is 1.19 bits per heavy atom. The zero-order valence-corrected chi connectivity index (χ0v) is 11.2. The lowest BCUT2D eigenvalue weighted by molar-refractivity contribution is 0.416. The standard InChI is InChI=1S/C14H12FN5O/c1-21-13-6-5-10(16)8-12(13)14-17-18-19-20(14)11-4-2-3-9(15)7-11/h2-8H,16H2,1H3. The monoisotopic (exact) mass is 285 g/mol. The number of aromatic nitrogens is 4. The van der Waals surface area contributed by atoms with E-state index in [2.05, 4.69) is 15.5 Å². The van der Waals surface area contributed by atoms with Crippen LogP contribution in [-0.4, -0.2) is 27.3 Å². The number of ether oxygens (including phenoxy) is 1. The molecule has 0 aliphatic rings. The molecule has 3 rings (SSSR count). The molecule has 3 aromatic rings. The normalized spacial score (nSPS) is 10.6. The molecule has 1 heterocycles. The van der Waals surface area contributed by atoms with E-state index < -0.39 is 0 Å². The van der Waals surface area contributed by atoms with E-state index in [4.69, 9.17) is 10.5 Å². The second-order valence-electron chi connectivity index (χ2n) is 4.35. The van der Waals surface area contributed by atoms with Crippen molar-refractivity contribution in [2.75, 3.05) is 12.8 Å². The van der Waals surface area contributed by atoms with Crippen molar-refractivity contribution >= 4 is 5.69 Å². The maximum absolute atomic E-state index is 13.4. The van der Waals surface area contributed by atoms with E-state index in [1.807, 2.05) is 0 Å². The quantitative estimate of drug-likeness (QED) is 0.745. The number of methoxy groups -OCH3 is 1. The fourth-order valence-electron chi connectivity index (χ4n) is 2.04. The molecular weight excluding hydrogens is 273 g/mol. The number of hydrogen-bond acceptors (Lipinski definition) is 5. The molecule has 0 fully saturated rings. The first kappa shape index (κ1) is 13.0. The van der Waals surface area contributed by atoms with Crippen molar-refractivity contribution in [1.29, 1.82) is 0 Å². The van der Waals surface area contributed by atoms with Gasteiger partial charge in [0, 0.05) is 5.69 Å². The van der Waals surface area contributed by atoms with Crippen LogP contribution in [0.15, 0.2) is 42.5 Å². The largest absolute Gasteiger partial charge is 0.496 e. The minimum atomic E-state index is -0.367. The summed E-state index contributed by atoms with van der Waals surface area (Å²) < 4.78 is 20.1. The Bertz CT molecular complexity index is 787. The van der Waals surface area contributed by atoms with Gasteiger partial charge in [-0.25, -0.2) is 4.39 Å². The Kier molecular flexibility index (Phi) is 3.23. The van der Waals surface area contributed by atoms with Gasteiger partial charge in [0.15, 0.2) is 5.82 Å². The van der Waals surface area contributed by atoms with E-state index in [9.17, 15) is 4.39 Å². The molecule has 2 aromatic carbocycles. The number of anilines is 1. The summed E-state index contributed by atoms with van der Waals surface area (Å²) in [6, 6.07) is 11.2. The van der Waals surface area contributed by atoms with Gasteiger partial charge in [0.05, 0.1) is 18.4 Å². The number of tetrazole rings is 1.